The van der Waals surface area contributed by atoms with Gasteiger partial charge >= 0.3 is 0 Å². The summed E-state index contributed by atoms with van der Waals surface area (Å²) in [4.78, 5) is 4.71. The van der Waals surface area contributed by atoms with E-state index < -0.39 is 0 Å². The van der Waals surface area contributed by atoms with Gasteiger partial charge in [0, 0.05) is 17.4 Å². The second-order valence-corrected chi connectivity index (χ2v) is 7.22. The number of nitrogens with one attached hydrogen (secondary N) is 1. The quantitative estimate of drug-likeness (QED) is 0.922. The van der Waals surface area contributed by atoms with Crippen LogP contribution in [0.1, 0.15) is 32.8 Å². The molecule has 0 aliphatic carbocycles. The minimum absolute atomic E-state index is 0.270. The van der Waals surface area contributed by atoms with E-state index in [4.69, 9.17) is 9.73 Å². The summed E-state index contributed by atoms with van der Waals surface area (Å²) in [6.45, 7) is 7.49. The third-order valence-corrected chi connectivity index (χ3v) is 4.53. The summed E-state index contributed by atoms with van der Waals surface area (Å²) in [5, 5.41) is 4.63. The van der Waals surface area contributed by atoms with E-state index >= 15 is 0 Å². The van der Waals surface area contributed by atoms with E-state index in [2.05, 4.69) is 32.2 Å². The van der Waals surface area contributed by atoms with Crippen molar-refractivity contribution in [3.63, 3.8) is 0 Å². The molecule has 0 amide bonds. The Morgan fingerprint density at radius 3 is 2.80 bits per heavy atom. The number of nitrogens with zero attached hydrogens (tertiary/aromatic N) is 1. The summed E-state index contributed by atoms with van der Waals surface area (Å²) < 4.78 is 5.36. The summed E-state index contributed by atoms with van der Waals surface area (Å²) in [6, 6.07) is 8.56. The van der Waals surface area contributed by atoms with Crippen molar-refractivity contribution in [1.29, 1.82) is 0 Å². The number of amidine groups is 1. The molecule has 2 rings (SSSR count). The highest BCUT2D eigenvalue weighted by Gasteiger charge is 2.28. The lowest BCUT2D eigenvalue weighted by Gasteiger charge is -2.35. The number of methoxy groups -OCH3 is 1. The van der Waals surface area contributed by atoms with Gasteiger partial charge in [0.15, 0.2) is 5.17 Å². The van der Waals surface area contributed by atoms with Gasteiger partial charge in [0.1, 0.15) is 5.75 Å². The second kappa shape index (κ2) is 6.53. The second-order valence-electron chi connectivity index (χ2n) is 6.13. The lowest BCUT2D eigenvalue weighted by Crippen LogP contribution is -2.46. The number of rotatable bonds is 3. The number of para-hydroxylation sites is 1. The topological polar surface area (TPSA) is 33.6 Å². The van der Waals surface area contributed by atoms with Crippen LogP contribution >= 0.6 is 11.8 Å². The zero-order chi connectivity index (χ0) is 14.6. The van der Waals surface area contributed by atoms with Gasteiger partial charge in [-0.1, -0.05) is 50.7 Å². The molecule has 1 unspecified atom stereocenters. The standard InChI is InChI=1S/C16H24N2OS/c1-16(2,3)14-9-10-20-15(18-14)17-11-12-7-5-6-8-13(12)19-4/h5-8,14H,9-11H2,1-4H3,(H,17,18). The molecule has 1 aromatic rings. The summed E-state index contributed by atoms with van der Waals surface area (Å²) >= 11 is 1.81. The molecule has 1 atom stereocenters. The van der Waals surface area contributed by atoms with E-state index in [1.165, 1.54) is 6.42 Å². The fraction of sp³-hybridized carbons (Fsp3) is 0.562. The number of hydrogen-bond acceptors (Lipinski definition) is 3. The van der Waals surface area contributed by atoms with E-state index in [1.54, 1.807) is 7.11 Å². The van der Waals surface area contributed by atoms with Crippen LogP contribution in [0, 0.1) is 5.41 Å². The molecule has 0 spiro atoms. The van der Waals surface area contributed by atoms with Crippen LogP contribution in [0.5, 0.6) is 5.75 Å². The van der Waals surface area contributed by atoms with Gasteiger partial charge in [-0.15, -0.1) is 0 Å². The highest BCUT2D eigenvalue weighted by molar-refractivity contribution is 8.13. The molecular formula is C16H24N2OS. The monoisotopic (exact) mass is 292 g/mol. The van der Waals surface area contributed by atoms with Gasteiger partial charge in [0.25, 0.3) is 0 Å². The Hall–Kier alpha value is -1.16. The molecule has 0 bridgehead atoms. The van der Waals surface area contributed by atoms with Crippen molar-refractivity contribution in [1.82, 2.24) is 5.32 Å². The van der Waals surface area contributed by atoms with Crippen molar-refractivity contribution in [3.8, 4) is 5.75 Å². The number of hydrogen-bond donors (Lipinski definition) is 1. The zero-order valence-corrected chi connectivity index (χ0v) is 13.6. The van der Waals surface area contributed by atoms with E-state index in [-0.39, 0.29) is 5.41 Å². The Bertz CT molecular complexity index is 480. The average molecular weight is 292 g/mol. The minimum Gasteiger partial charge on any atom is -0.496 e. The SMILES string of the molecule is COc1ccccc1CN=C1NC(C(C)(C)C)CCS1. The molecule has 1 aromatic carbocycles. The van der Waals surface area contributed by atoms with Gasteiger partial charge in [-0.25, -0.2) is 0 Å². The zero-order valence-electron chi connectivity index (χ0n) is 12.8. The molecular weight excluding hydrogens is 268 g/mol. The fourth-order valence-corrected chi connectivity index (χ4v) is 3.20. The summed E-state index contributed by atoms with van der Waals surface area (Å²) in [5.41, 5.74) is 1.40. The van der Waals surface area contributed by atoms with E-state index in [0.717, 1.165) is 22.2 Å². The highest BCUT2D eigenvalue weighted by atomic mass is 32.2. The largest absolute Gasteiger partial charge is 0.496 e. The first-order valence-corrected chi connectivity index (χ1v) is 8.05. The van der Waals surface area contributed by atoms with E-state index in [0.29, 0.717) is 12.6 Å². The first-order chi connectivity index (χ1) is 9.50. The Labute approximate surface area is 126 Å². The van der Waals surface area contributed by atoms with E-state index in [1.807, 2.05) is 30.0 Å². The number of aliphatic imine (C=N–C) groups is 1. The molecule has 0 radical (unpaired) electrons. The normalized spacial score (nSPS) is 21.6. The van der Waals surface area contributed by atoms with Crippen LogP contribution in [0.3, 0.4) is 0 Å². The van der Waals surface area contributed by atoms with Gasteiger partial charge < -0.3 is 10.1 Å². The van der Waals surface area contributed by atoms with Gasteiger partial charge in [-0.2, -0.15) is 0 Å². The minimum atomic E-state index is 0.270. The molecule has 1 heterocycles. The van der Waals surface area contributed by atoms with Crippen LogP contribution in [0.15, 0.2) is 29.3 Å². The van der Waals surface area contributed by atoms with E-state index in [9.17, 15) is 0 Å². The van der Waals surface area contributed by atoms with Crippen molar-refractivity contribution in [2.24, 2.45) is 10.4 Å². The van der Waals surface area contributed by atoms with Crippen molar-refractivity contribution < 1.29 is 4.74 Å². The first kappa shape index (κ1) is 15.2. The van der Waals surface area contributed by atoms with Gasteiger partial charge in [0.2, 0.25) is 0 Å². The third kappa shape index (κ3) is 3.92. The molecule has 1 aliphatic heterocycles. The molecule has 20 heavy (non-hydrogen) atoms. The smallest absolute Gasteiger partial charge is 0.157 e. The molecule has 1 N–H and O–H groups in total. The lowest BCUT2D eigenvalue weighted by atomic mass is 9.85. The summed E-state index contributed by atoms with van der Waals surface area (Å²) in [5.74, 6) is 2.05. The van der Waals surface area contributed by atoms with Gasteiger partial charge in [0.05, 0.1) is 13.7 Å². The third-order valence-electron chi connectivity index (χ3n) is 3.57. The maximum atomic E-state index is 5.36. The van der Waals surface area contributed by atoms with Crippen molar-refractivity contribution in [2.45, 2.75) is 39.8 Å². The van der Waals surface area contributed by atoms with Crippen molar-refractivity contribution in [3.05, 3.63) is 29.8 Å². The molecule has 3 nitrogen and oxygen atoms in total. The molecule has 4 heteroatoms. The average Bonchev–Trinajstić information content (AvgIpc) is 2.45. The Morgan fingerprint density at radius 1 is 1.35 bits per heavy atom. The van der Waals surface area contributed by atoms with Crippen molar-refractivity contribution in [2.75, 3.05) is 12.9 Å². The van der Waals surface area contributed by atoms with Gasteiger partial charge in [-0.3, -0.25) is 4.99 Å². The molecule has 1 fully saturated rings. The maximum Gasteiger partial charge on any atom is 0.157 e. The van der Waals surface area contributed by atoms with Crippen LogP contribution in [0.4, 0.5) is 0 Å². The van der Waals surface area contributed by atoms with Crippen LogP contribution in [-0.4, -0.2) is 24.1 Å². The van der Waals surface area contributed by atoms with Crippen LogP contribution in [0.25, 0.3) is 0 Å². The number of ether oxygens (including phenoxy) is 1. The molecule has 1 saturated heterocycles. The predicted molar refractivity (Wildman–Crippen MR) is 87.6 cm³/mol. The predicted octanol–water partition coefficient (Wildman–Crippen LogP) is 3.69. The number of thioether (sulfide) groups is 1. The van der Waals surface area contributed by atoms with Gasteiger partial charge in [-0.05, 0) is 17.9 Å². The van der Waals surface area contributed by atoms with Crippen LogP contribution in [-0.2, 0) is 6.54 Å². The van der Waals surface area contributed by atoms with Crippen molar-refractivity contribution >= 4 is 16.9 Å². The fourth-order valence-electron chi connectivity index (χ4n) is 2.27. The lowest BCUT2D eigenvalue weighted by molar-refractivity contribution is 0.290. The molecule has 110 valence electrons. The highest BCUT2D eigenvalue weighted by Crippen LogP contribution is 2.28. The maximum absolute atomic E-state index is 5.36. The van der Waals surface area contributed by atoms with Crippen LogP contribution in [0.2, 0.25) is 0 Å². The Balaban J connectivity index is 2.04. The first-order valence-electron chi connectivity index (χ1n) is 7.06. The van der Waals surface area contributed by atoms with Crippen LogP contribution < -0.4 is 10.1 Å². The Kier molecular flexibility index (Phi) is 4.97. The summed E-state index contributed by atoms with van der Waals surface area (Å²) in [7, 11) is 1.70. The number of benzene rings is 1. The molecule has 0 aromatic heterocycles. The molecule has 1 aliphatic rings. The Morgan fingerprint density at radius 2 is 2.10 bits per heavy atom. The molecule has 0 saturated carbocycles. The summed E-state index contributed by atoms with van der Waals surface area (Å²) in [6.07, 6.45) is 1.20.